The summed E-state index contributed by atoms with van der Waals surface area (Å²) >= 11 is 0. The number of carboxylic acid groups (broad SMARTS) is 2. The van der Waals surface area contributed by atoms with E-state index in [9.17, 15) is 24.0 Å². The second-order valence-corrected chi connectivity index (χ2v) is 11.1. The number of amides is 1. The Morgan fingerprint density at radius 3 is 2.29 bits per heavy atom. The van der Waals surface area contributed by atoms with Gasteiger partial charge in [-0.05, 0) is 48.9 Å². The summed E-state index contributed by atoms with van der Waals surface area (Å²) in [5.74, 6) is -0.871. The molecule has 0 aromatic carbocycles. The molecule has 5 N–H and O–H groups in total. The molecule has 1 amide bonds. The lowest BCUT2D eigenvalue weighted by Crippen LogP contribution is -2.58. The molecule has 4 fully saturated rings. The Morgan fingerprint density at radius 2 is 1.69 bits per heavy atom. The number of ketones is 2. The predicted molar refractivity (Wildman–Crippen MR) is 127 cm³/mol. The molecule has 0 aliphatic heterocycles. The summed E-state index contributed by atoms with van der Waals surface area (Å²) in [7, 11) is 0. The van der Waals surface area contributed by atoms with E-state index in [1.54, 1.807) is 0 Å². The Morgan fingerprint density at radius 1 is 1.03 bits per heavy atom. The van der Waals surface area contributed by atoms with Crippen LogP contribution in [0.2, 0.25) is 0 Å². The van der Waals surface area contributed by atoms with Crippen LogP contribution in [-0.4, -0.2) is 52.2 Å². The Labute approximate surface area is 205 Å². The lowest BCUT2D eigenvalue weighted by molar-refractivity contribution is -0.156. The van der Waals surface area contributed by atoms with Crippen LogP contribution in [0, 0.1) is 34.5 Å². The van der Waals surface area contributed by atoms with E-state index in [1.165, 1.54) is 12.8 Å². The zero-order chi connectivity index (χ0) is 26.0. The molecule has 194 valence electrons. The zero-order valence-electron chi connectivity index (χ0n) is 20.6. The first-order valence-corrected chi connectivity index (χ1v) is 12.6. The quantitative estimate of drug-likeness (QED) is 0.426. The normalized spacial score (nSPS) is 38.0. The molecule has 0 aromatic rings. The summed E-state index contributed by atoms with van der Waals surface area (Å²) in [5.41, 5.74) is 5.22. The van der Waals surface area contributed by atoms with Gasteiger partial charge in [0, 0.05) is 55.3 Å². The maximum absolute atomic E-state index is 13.1. The second-order valence-electron chi connectivity index (χ2n) is 11.1. The number of nitrogens with one attached hydrogen (secondary N) is 1. The van der Waals surface area contributed by atoms with Crippen molar-refractivity contribution < 1.29 is 34.2 Å². The van der Waals surface area contributed by atoms with Gasteiger partial charge in [-0.25, -0.2) is 9.59 Å². The molecular formula is C26H38N2O7. The summed E-state index contributed by atoms with van der Waals surface area (Å²) in [6.07, 6.45) is 8.91. The van der Waals surface area contributed by atoms with E-state index < -0.39 is 11.9 Å². The third-order valence-corrected chi connectivity index (χ3v) is 9.18. The molecule has 0 saturated heterocycles. The second kappa shape index (κ2) is 10.6. The number of aliphatic carboxylic acids is 2. The van der Waals surface area contributed by atoms with Crippen molar-refractivity contribution in [3.63, 3.8) is 0 Å². The van der Waals surface area contributed by atoms with Gasteiger partial charge in [0.1, 0.15) is 11.6 Å². The minimum Gasteiger partial charge on any atom is -0.478 e. The fourth-order valence-corrected chi connectivity index (χ4v) is 7.67. The van der Waals surface area contributed by atoms with Gasteiger partial charge in [0.15, 0.2) is 0 Å². The van der Waals surface area contributed by atoms with Gasteiger partial charge in [-0.3, -0.25) is 14.4 Å². The Bertz CT molecular complexity index is 899. The molecule has 4 saturated carbocycles. The molecule has 4 rings (SSSR count). The number of hydrogen-bond acceptors (Lipinski definition) is 6. The number of carboxylic acids is 2. The standard InChI is InChI=1S/C22H34N2O3.C4H4O4/c1-21-8-4-3-5-15(21)17(25)11-13-14(21)6-9-22(2)18(26)12-16(20(13)22)24-19(27)7-10-23;5-3(6)1-2-4(7)8/h13-16,20H,3-12,23H2,1-2H3,(H,24,27);1-2H,(H,5,6)(H,7,8)/t13-,14+,15-,16?,20-,21-,22-;/m1./s1. The highest BCUT2D eigenvalue weighted by molar-refractivity contribution is 5.91. The van der Waals surface area contributed by atoms with Gasteiger partial charge < -0.3 is 21.3 Å². The fourth-order valence-electron chi connectivity index (χ4n) is 7.67. The molecule has 0 bridgehead atoms. The number of Topliss-reactive ketones (excluding diaryl/α,β-unsaturated/α-hetero) is 2. The third-order valence-electron chi connectivity index (χ3n) is 9.18. The van der Waals surface area contributed by atoms with Crippen LogP contribution in [-0.2, 0) is 24.0 Å². The SMILES string of the molecule is C[C@]12CCCC[C@@H]1C(=O)C[C@@H]1[C@@H]2CC[C@]2(C)C(=O)CC(NC(=O)CCN)[C@@H]12.O=C(O)C=CC(=O)O. The van der Waals surface area contributed by atoms with Crippen molar-refractivity contribution in [1.82, 2.24) is 5.32 Å². The number of rotatable bonds is 5. The molecule has 0 radical (unpaired) electrons. The molecule has 0 heterocycles. The Kier molecular flexibility index (Phi) is 8.19. The van der Waals surface area contributed by atoms with Gasteiger partial charge in [-0.2, -0.15) is 0 Å². The highest BCUT2D eigenvalue weighted by Crippen LogP contribution is 2.64. The topological polar surface area (TPSA) is 164 Å². The number of nitrogens with two attached hydrogens (primary N) is 1. The zero-order valence-corrected chi connectivity index (χ0v) is 20.6. The van der Waals surface area contributed by atoms with Crippen LogP contribution < -0.4 is 11.1 Å². The van der Waals surface area contributed by atoms with Gasteiger partial charge in [-0.15, -0.1) is 0 Å². The lowest BCUT2D eigenvalue weighted by Gasteiger charge is -2.59. The Hall–Kier alpha value is -2.55. The molecule has 0 spiro atoms. The van der Waals surface area contributed by atoms with E-state index in [0.717, 1.165) is 25.7 Å². The number of carbonyl (C=O) groups is 5. The maximum Gasteiger partial charge on any atom is 0.328 e. The molecule has 7 atom stereocenters. The highest BCUT2D eigenvalue weighted by Gasteiger charge is 2.64. The Balaban J connectivity index is 0.000000371. The van der Waals surface area contributed by atoms with Gasteiger partial charge in [0.2, 0.25) is 5.91 Å². The van der Waals surface area contributed by atoms with Crippen molar-refractivity contribution in [3.05, 3.63) is 12.2 Å². The first-order chi connectivity index (χ1) is 16.4. The monoisotopic (exact) mass is 490 g/mol. The van der Waals surface area contributed by atoms with Crippen LogP contribution >= 0.6 is 0 Å². The average molecular weight is 491 g/mol. The molecule has 9 nitrogen and oxygen atoms in total. The van der Waals surface area contributed by atoms with Crippen molar-refractivity contribution in [2.75, 3.05) is 6.54 Å². The fraction of sp³-hybridized carbons (Fsp3) is 0.731. The summed E-state index contributed by atoms with van der Waals surface area (Å²) in [6, 6.07) is -0.133. The summed E-state index contributed by atoms with van der Waals surface area (Å²) in [4.78, 5) is 57.4. The molecule has 1 unspecified atom stereocenters. The molecule has 4 aliphatic rings. The van der Waals surface area contributed by atoms with E-state index >= 15 is 0 Å². The lowest BCUT2D eigenvalue weighted by atomic mass is 9.45. The van der Waals surface area contributed by atoms with Crippen LogP contribution in [0.1, 0.15) is 71.6 Å². The number of carbonyl (C=O) groups excluding carboxylic acids is 3. The molecule has 9 heteroatoms. The predicted octanol–water partition coefficient (Wildman–Crippen LogP) is 2.32. The number of hydrogen-bond donors (Lipinski definition) is 4. The first-order valence-electron chi connectivity index (χ1n) is 12.6. The van der Waals surface area contributed by atoms with E-state index in [1.807, 2.05) is 0 Å². The summed E-state index contributed by atoms with van der Waals surface area (Å²) < 4.78 is 0. The van der Waals surface area contributed by atoms with Gasteiger partial charge in [0.05, 0.1) is 0 Å². The summed E-state index contributed by atoms with van der Waals surface area (Å²) in [5, 5.41) is 18.7. The van der Waals surface area contributed by atoms with E-state index in [-0.39, 0.29) is 46.3 Å². The average Bonchev–Trinajstić information content (AvgIpc) is 3.02. The van der Waals surface area contributed by atoms with Crippen LogP contribution in [0.3, 0.4) is 0 Å². The van der Waals surface area contributed by atoms with Crippen LogP contribution in [0.15, 0.2) is 12.2 Å². The van der Waals surface area contributed by atoms with E-state index in [2.05, 4.69) is 19.2 Å². The van der Waals surface area contributed by atoms with Crippen LogP contribution in [0.25, 0.3) is 0 Å². The minimum atomic E-state index is -1.26. The van der Waals surface area contributed by atoms with Gasteiger partial charge in [-0.1, -0.05) is 26.7 Å². The summed E-state index contributed by atoms with van der Waals surface area (Å²) in [6.45, 7) is 4.75. The van der Waals surface area contributed by atoms with Crippen LogP contribution in [0.4, 0.5) is 0 Å². The van der Waals surface area contributed by atoms with Crippen molar-refractivity contribution in [2.45, 2.75) is 77.7 Å². The first kappa shape index (κ1) is 27.0. The van der Waals surface area contributed by atoms with Crippen molar-refractivity contribution >= 4 is 29.4 Å². The minimum absolute atomic E-state index is 0.0643. The van der Waals surface area contributed by atoms with Crippen molar-refractivity contribution in [1.29, 1.82) is 0 Å². The molecular weight excluding hydrogens is 452 g/mol. The van der Waals surface area contributed by atoms with Gasteiger partial charge >= 0.3 is 11.9 Å². The third kappa shape index (κ3) is 5.34. The van der Waals surface area contributed by atoms with Crippen molar-refractivity contribution in [3.8, 4) is 0 Å². The number of fused-ring (bicyclic) bond motifs is 5. The maximum atomic E-state index is 13.1. The highest BCUT2D eigenvalue weighted by atomic mass is 16.4. The van der Waals surface area contributed by atoms with E-state index in [0.29, 0.717) is 49.7 Å². The smallest absolute Gasteiger partial charge is 0.328 e. The van der Waals surface area contributed by atoms with Gasteiger partial charge in [0.25, 0.3) is 0 Å². The largest absolute Gasteiger partial charge is 0.478 e. The van der Waals surface area contributed by atoms with Crippen LogP contribution in [0.5, 0.6) is 0 Å². The molecule has 4 aliphatic carbocycles. The molecule has 35 heavy (non-hydrogen) atoms. The molecule has 0 aromatic heterocycles. The van der Waals surface area contributed by atoms with E-state index in [4.69, 9.17) is 15.9 Å². The van der Waals surface area contributed by atoms with Crippen molar-refractivity contribution in [2.24, 2.45) is 40.2 Å².